The summed E-state index contributed by atoms with van der Waals surface area (Å²) in [6.45, 7) is 6.96. The average Bonchev–Trinajstić information content (AvgIpc) is 2.51. The van der Waals surface area contributed by atoms with Crippen molar-refractivity contribution in [3.8, 4) is 0 Å². The zero-order chi connectivity index (χ0) is 16.6. The molecule has 22 heavy (non-hydrogen) atoms. The molecule has 0 spiro atoms. The molecule has 0 aliphatic rings. The van der Waals surface area contributed by atoms with Gasteiger partial charge in [0.1, 0.15) is 0 Å². The second-order valence-corrected chi connectivity index (χ2v) is 9.45. The molecule has 0 aliphatic carbocycles. The fourth-order valence-corrected chi connectivity index (χ4v) is 5.08. The summed E-state index contributed by atoms with van der Waals surface area (Å²) in [7, 11) is -6.71. The molecule has 0 saturated carbocycles. The lowest BCUT2D eigenvalue weighted by molar-refractivity contribution is 0.185. The van der Waals surface area contributed by atoms with Crippen LogP contribution in [0.25, 0.3) is 10.4 Å². The van der Waals surface area contributed by atoms with E-state index in [2.05, 4.69) is 9.43 Å². The standard InChI is InChI=1S/C13H21N3O4SSi/c1-4-9-19-22(3,20-10-5-2)13-8-6-7-12(11-13)21(17,18)16-15-14/h6-8,11H,4-5,9-10H2,1-3H3. The molecule has 0 fully saturated rings. The zero-order valence-electron chi connectivity index (χ0n) is 13.0. The summed E-state index contributed by atoms with van der Waals surface area (Å²) in [4.78, 5) is 2.31. The van der Waals surface area contributed by atoms with Gasteiger partial charge in [0.05, 0.1) is 4.90 Å². The summed E-state index contributed by atoms with van der Waals surface area (Å²) < 4.78 is 38.4. The third-order valence-electron chi connectivity index (χ3n) is 2.96. The van der Waals surface area contributed by atoms with E-state index in [0.29, 0.717) is 18.4 Å². The second-order valence-electron chi connectivity index (χ2n) is 4.82. The number of sulfonamides is 1. The van der Waals surface area contributed by atoms with E-state index in [4.69, 9.17) is 14.4 Å². The predicted octanol–water partition coefficient (Wildman–Crippen LogP) is 2.82. The SMILES string of the molecule is CCCO[Si](C)(OCCC)c1cccc(S(=O)(=O)N=[N+]=[N-])c1. The van der Waals surface area contributed by atoms with Crippen molar-refractivity contribution in [2.75, 3.05) is 13.2 Å². The highest BCUT2D eigenvalue weighted by atomic mass is 32.2. The van der Waals surface area contributed by atoms with Crippen LogP contribution < -0.4 is 5.19 Å². The molecule has 122 valence electrons. The van der Waals surface area contributed by atoms with Gasteiger partial charge in [-0.2, -0.15) is 0 Å². The van der Waals surface area contributed by atoms with Gasteiger partial charge in [0, 0.05) is 22.6 Å². The predicted molar refractivity (Wildman–Crippen MR) is 86.5 cm³/mol. The van der Waals surface area contributed by atoms with E-state index in [1.165, 1.54) is 12.1 Å². The van der Waals surface area contributed by atoms with Gasteiger partial charge in [-0.15, -0.1) is 0 Å². The van der Waals surface area contributed by atoms with Crippen LogP contribution in [-0.2, 0) is 18.9 Å². The Kier molecular flexibility index (Phi) is 7.04. The average molecular weight is 343 g/mol. The van der Waals surface area contributed by atoms with E-state index in [1.54, 1.807) is 12.1 Å². The Bertz CT molecular complexity index is 636. The maximum absolute atomic E-state index is 11.9. The van der Waals surface area contributed by atoms with Crippen molar-refractivity contribution in [2.45, 2.75) is 38.1 Å². The molecule has 0 aliphatic heterocycles. The Morgan fingerprint density at radius 1 is 1.23 bits per heavy atom. The summed E-state index contributed by atoms with van der Waals surface area (Å²) in [5.74, 6) is 0. The highest BCUT2D eigenvalue weighted by Crippen LogP contribution is 2.15. The Balaban J connectivity index is 3.23. The molecule has 0 unspecified atom stereocenters. The number of hydrogen-bond acceptors (Lipinski definition) is 4. The van der Waals surface area contributed by atoms with E-state index < -0.39 is 18.6 Å². The van der Waals surface area contributed by atoms with Gasteiger partial charge in [0.25, 0.3) is 10.0 Å². The number of nitrogens with zero attached hydrogens (tertiary/aromatic N) is 3. The van der Waals surface area contributed by atoms with Crippen molar-refractivity contribution in [3.05, 3.63) is 34.7 Å². The molecular formula is C13H21N3O4SSi. The van der Waals surface area contributed by atoms with Crippen LogP contribution in [-0.4, -0.2) is 30.2 Å². The van der Waals surface area contributed by atoms with Gasteiger partial charge in [-0.1, -0.05) is 26.0 Å². The third kappa shape index (κ3) is 4.82. The van der Waals surface area contributed by atoms with E-state index in [-0.39, 0.29) is 4.90 Å². The number of hydrogen-bond donors (Lipinski definition) is 0. The largest absolute Gasteiger partial charge is 0.391 e. The highest BCUT2D eigenvalue weighted by molar-refractivity contribution is 7.90. The topological polar surface area (TPSA) is 101 Å². The smallest absolute Gasteiger partial charge is 0.369 e. The second kappa shape index (κ2) is 8.30. The van der Waals surface area contributed by atoms with Crippen LogP contribution in [0.2, 0.25) is 6.55 Å². The van der Waals surface area contributed by atoms with Crippen LogP contribution >= 0.6 is 0 Å². The molecule has 1 aromatic carbocycles. The quantitative estimate of drug-likeness (QED) is 0.298. The lowest BCUT2D eigenvalue weighted by Crippen LogP contribution is -2.51. The maximum atomic E-state index is 11.9. The van der Waals surface area contributed by atoms with Crippen LogP contribution in [0, 0.1) is 0 Å². The van der Waals surface area contributed by atoms with Gasteiger partial charge in [-0.05, 0) is 42.2 Å². The minimum atomic E-state index is -4.01. The van der Waals surface area contributed by atoms with E-state index in [9.17, 15) is 8.42 Å². The molecule has 0 N–H and O–H groups in total. The highest BCUT2D eigenvalue weighted by Gasteiger charge is 2.34. The summed E-state index contributed by atoms with van der Waals surface area (Å²) in [6.07, 6.45) is 1.68. The van der Waals surface area contributed by atoms with Crippen molar-refractivity contribution < 1.29 is 17.3 Å². The number of azide groups is 1. The first-order valence-corrected chi connectivity index (χ1v) is 10.8. The fraction of sp³-hybridized carbons (Fsp3) is 0.538. The molecule has 0 atom stereocenters. The molecule has 0 bridgehead atoms. The van der Waals surface area contributed by atoms with Crippen LogP contribution in [0.4, 0.5) is 0 Å². The Labute approximate surface area is 132 Å². The van der Waals surface area contributed by atoms with Crippen molar-refractivity contribution in [3.63, 3.8) is 0 Å². The van der Waals surface area contributed by atoms with Gasteiger partial charge in [-0.3, -0.25) is 0 Å². The normalized spacial score (nSPS) is 12.0. The van der Waals surface area contributed by atoms with Crippen molar-refractivity contribution in [1.82, 2.24) is 0 Å². The van der Waals surface area contributed by atoms with Gasteiger partial charge in [0.2, 0.25) is 0 Å². The van der Waals surface area contributed by atoms with Crippen LogP contribution in [0.3, 0.4) is 0 Å². The lowest BCUT2D eigenvalue weighted by Gasteiger charge is -2.27. The molecule has 1 aromatic rings. The first-order valence-electron chi connectivity index (χ1n) is 7.09. The summed E-state index contributed by atoms with van der Waals surface area (Å²) >= 11 is 0. The summed E-state index contributed by atoms with van der Waals surface area (Å²) in [5, 5.41) is 0.698. The van der Waals surface area contributed by atoms with E-state index in [0.717, 1.165) is 12.8 Å². The van der Waals surface area contributed by atoms with Crippen LogP contribution in [0.15, 0.2) is 33.7 Å². The first kappa shape index (κ1) is 18.7. The molecule has 0 radical (unpaired) electrons. The first-order chi connectivity index (χ1) is 10.4. The zero-order valence-corrected chi connectivity index (χ0v) is 14.8. The molecule has 0 saturated heterocycles. The van der Waals surface area contributed by atoms with Gasteiger partial charge >= 0.3 is 8.56 Å². The van der Waals surface area contributed by atoms with Crippen LogP contribution in [0.5, 0.6) is 0 Å². The minimum Gasteiger partial charge on any atom is -0.391 e. The van der Waals surface area contributed by atoms with E-state index >= 15 is 0 Å². The molecule has 1 rings (SSSR count). The minimum absolute atomic E-state index is 0.0540. The molecule has 7 nitrogen and oxygen atoms in total. The Morgan fingerprint density at radius 2 is 1.82 bits per heavy atom. The fourth-order valence-electron chi connectivity index (χ4n) is 1.84. The van der Waals surface area contributed by atoms with E-state index in [1.807, 2.05) is 20.4 Å². The third-order valence-corrected chi connectivity index (χ3v) is 6.97. The molecule has 0 aromatic heterocycles. The Morgan fingerprint density at radius 3 is 2.32 bits per heavy atom. The molecular weight excluding hydrogens is 322 g/mol. The summed E-state index contributed by atoms with van der Waals surface area (Å²) in [5.41, 5.74) is 8.36. The van der Waals surface area contributed by atoms with Gasteiger partial charge < -0.3 is 8.85 Å². The van der Waals surface area contributed by atoms with Crippen molar-refractivity contribution in [2.24, 2.45) is 4.52 Å². The monoisotopic (exact) mass is 343 g/mol. The van der Waals surface area contributed by atoms with Crippen molar-refractivity contribution in [1.29, 1.82) is 0 Å². The summed E-state index contributed by atoms with van der Waals surface area (Å²) in [6, 6.07) is 6.25. The van der Waals surface area contributed by atoms with Gasteiger partial charge in [-0.25, -0.2) is 8.42 Å². The maximum Gasteiger partial charge on any atom is 0.369 e. The van der Waals surface area contributed by atoms with Crippen LogP contribution in [0.1, 0.15) is 26.7 Å². The lowest BCUT2D eigenvalue weighted by atomic mass is 10.4. The van der Waals surface area contributed by atoms with Crippen molar-refractivity contribution >= 4 is 23.8 Å². The Hall–Kier alpha value is -1.38. The molecule has 9 heteroatoms. The molecule has 0 heterocycles. The molecule has 0 amide bonds. The van der Waals surface area contributed by atoms with Gasteiger partial charge in [0.15, 0.2) is 0 Å². The number of rotatable bonds is 9. The number of benzene rings is 1.